The van der Waals surface area contributed by atoms with E-state index < -0.39 is 13.7 Å². The molecule has 0 aliphatic heterocycles. The fourth-order valence-electron chi connectivity index (χ4n) is 1.27. The monoisotopic (exact) mass is 298 g/mol. The summed E-state index contributed by atoms with van der Waals surface area (Å²) in [5.74, 6) is 0. The van der Waals surface area contributed by atoms with E-state index in [1.807, 2.05) is 13.8 Å². The van der Waals surface area contributed by atoms with E-state index in [0.29, 0.717) is 13.0 Å². The Kier molecular flexibility index (Phi) is 7.50. The minimum absolute atomic E-state index is 0.130. The van der Waals surface area contributed by atoms with Crippen LogP contribution in [0, 0.1) is 4.91 Å². The molecule has 0 fully saturated rings. The van der Waals surface area contributed by atoms with Crippen LogP contribution >= 0.6 is 8.09 Å². The van der Waals surface area contributed by atoms with Crippen molar-refractivity contribution in [3.63, 3.8) is 0 Å². The van der Waals surface area contributed by atoms with Crippen molar-refractivity contribution in [1.29, 1.82) is 0 Å². The average Bonchev–Trinajstić information content (AvgIpc) is 2.36. The van der Waals surface area contributed by atoms with Crippen LogP contribution in [-0.2, 0) is 14.0 Å². The second-order valence-electron chi connectivity index (χ2n) is 5.23. The van der Waals surface area contributed by atoms with Gasteiger partial charge in [-0.15, -0.1) is 0 Å². The third-order valence-corrected chi connectivity index (χ3v) is 3.74. The third kappa shape index (κ3) is 7.87. The van der Waals surface area contributed by atoms with Crippen molar-refractivity contribution < 1.29 is 23.8 Å². The van der Waals surface area contributed by atoms with Gasteiger partial charge in [-0.1, -0.05) is 11.8 Å². The second kappa shape index (κ2) is 7.57. The number of hydrogen-bond acceptors (Lipinski definition) is 7. The molecule has 0 saturated carbocycles. The standard InChI is InChI=1S/C11H25NO6P/c1-6-11(4,16-5)7-8-17-10(2,3)9-18-19(14,15)12-13/h14-15H,6-9H2,1-5H3/q+1. The van der Waals surface area contributed by atoms with Crippen molar-refractivity contribution in [2.75, 3.05) is 20.3 Å². The highest BCUT2D eigenvalue weighted by molar-refractivity contribution is 7.58. The van der Waals surface area contributed by atoms with Crippen molar-refractivity contribution in [3.05, 3.63) is 4.91 Å². The number of methoxy groups -OCH3 is 1. The molecule has 0 aromatic carbocycles. The maximum atomic E-state index is 10.1. The van der Waals surface area contributed by atoms with Gasteiger partial charge in [-0.3, -0.25) is 0 Å². The Morgan fingerprint density at radius 1 is 1.26 bits per heavy atom. The lowest BCUT2D eigenvalue weighted by molar-refractivity contribution is -0.0822. The Labute approximate surface area is 114 Å². The SMILES string of the molecule is CCC(C)(CCOC(C)(C)CO[P+](O)(O)N=O)OC. The van der Waals surface area contributed by atoms with Crippen LogP contribution in [0.2, 0.25) is 0 Å². The molecule has 0 saturated heterocycles. The third-order valence-electron chi connectivity index (χ3n) is 3.06. The predicted molar refractivity (Wildman–Crippen MR) is 73.5 cm³/mol. The van der Waals surface area contributed by atoms with Crippen LogP contribution in [0.5, 0.6) is 0 Å². The molecule has 2 N–H and O–H groups in total. The summed E-state index contributed by atoms with van der Waals surface area (Å²) in [6.07, 6.45) is 1.56. The largest absolute Gasteiger partial charge is 0.588 e. The molecule has 0 rings (SSSR count). The summed E-state index contributed by atoms with van der Waals surface area (Å²) in [5, 5.41) is 0. The molecule has 19 heavy (non-hydrogen) atoms. The normalized spacial score (nSPS) is 16.2. The highest BCUT2D eigenvalue weighted by Gasteiger charge is 2.42. The highest BCUT2D eigenvalue weighted by Crippen LogP contribution is 2.52. The van der Waals surface area contributed by atoms with E-state index in [1.165, 1.54) is 0 Å². The first kappa shape index (κ1) is 18.8. The number of nitroso groups, excluding NO2 is 1. The first-order valence-corrected chi connectivity index (χ1v) is 7.69. The van der Waals surface area contributed by atoms with Crippen LogP contribution in [-0.4, -0.2) is 41.3 Å². The Hall–Kier alpha value is -0.170. The fraction of sp³-hybridized carbons (Fsp3) is 1.00. The lowest BCUT2D eigenvalue weighted by atomic mass is 9.99. The Balaban J connectivity index is 4.14. The Morgan fingerprint density at radius 2 is 1.84 bits per heavy atom. The maximum absolute atomic E-state index is 10.1. The van der Waals surface area contributed by atoms with Gasteiger partial charge in [0.05, 0.1) is 17.8 Å². The Bertz CT molecular complexity index is 280. The van der Waals surface area contributed by atoms with Gasteiger partial charge < -0.3 is 9.47 Å². The lowest BCUT2D eigenvalue weighted by Crippen LogP contribution is -2.34. The van der Waals surface area contributed by atoms with E-state index in [0.717, 1.165) is 6.42 Å². The topological polar surface area (TPSA) is 97.6 Å². The number of rotatable bonds is 10. The summed E-state index contributed by atoms with van der Waals surface area (Å²) in [7, 11) is -2.47. The van der Waals surface area contributed by atoms with Gasteiger partial charge in [-0.05, 0) is 33.6 Å². The van der Waals surface area contributed by atoms with Crippen LogP contribution in [0.3, 0.4) is 0 Å². The molecular formula is C11H25NO6P+. The van der Waals surface area contributed by atoms with E-state index >= 15 is 0 Å². The molecule has 0 bridgehead atoms. The van der Waals surface area contributed by atoms with Gasteiger partial charge in [0, 0.05) is 7.11 Å². The van der Waals surface area contributed by atoms with Crippen molar-refractivity contribution in [2.24, 2.45) is 4.95 Å². The van der Waals surface area contributed by atoms with Gasteiger partial charge in [-0.2, -0.15) is 14.3 Å². The zero-order valence-electron chi connectivity index (χ0n) is 12.3. The zero-order valence-corrected chi connectivity index (χ0v) is 13.1. The van der Waals surface area contributed by atoms with Crippen molar-refractivity contribution in [1.82, 2.24) is 0 Å². The number of ether oxygens (including phenoxy) is 2. The smallest absolute Gasteiger partial charge is 0.378 e. The molecule has 0 aromatic rings. The molecule has 0 aromatic heterocycles. The zero-order chi connectivity index (χ0) is 15.2. The van der Waals surface area contributed by atoms with Crippen molar-refractivity contribution in [3.8, 4) is 0 Å². The van der Waals surface area contributed by atoms with Gasteiger partial charge in [-0.25, -0.2) is 0 Å². The first-order chi connectivity index (χ1) is 8.60. The molecule has 114 valence electrons. The summed E-state index contributed by atoms with van der Waals surface area (Å²) in [6.45, 7) is 7.79. The van der Waals surface area contributed by atoms with Crippen molar-refractivity contribution in [2.45, 2.75) is 51.7 Å². The Morgan fingerprint density at radius 3 is 2.26 bits per heavy atom. The van der Waals surface area contributed by atoms with Gasteiger partial charge in [0.2, 0.25) is 0 Å². The fourth-order valence-corrected chi connectivity index (χ4v) is 1.80. The van der Waals surface area contributed by atoms with Gasteiger partial charge in [0.25, 0.3) is 0 Å². The predicted octanol–water partition coefficient (Wildman–Crippen LogP) is 2.43. The molecule has 0 heterocycles. The van der Waals surface area contributed by atoms with Gasteiger partial charge in [0.15, 0.2) is 4.95 Å². The summed E-state index contributed by atoms with van der Waals surface area (Å²) in [6, 6.07) is 0. The van der Waals surface area contributed by atoms with Crippen LogP contribution in [0.15, 0.2) is 4.95 Å². The minimum atomic E-state index is -4.13. The molecule has 8 heteroatoms. The van der Waals surface area contributed by atoms with E-state index in [2.05, 4.69) is 9.47 Å². The van der Waals surface area contributed by atoms with Crippen LogP contribution in [0.25, 0.3) is 0 Å². The van der Waals surface area contributed by atoms with Gasteiger partial charge in [0.1, 0.15) is 6.61 Å². The lowest BCUT2D eigenvalue weighted by Gasteiger charge is -2.29. The molecule has 1 unspecified atom stereocenters. The average molecular weight is 298 g/mol. The molecular weight excluding hydrogens is 273 g/mol. The van der Waals surface area contributed by atoms with E-state index in [1.54, 1.807) is 21.0 Å². The molecule has 0 aliphatic carbocycles. The maximum Gasteiger partial charge on any atom is 0.588 e. The van der Waals surface area contributed by atoms with Gasteiger partial charge >= 0.3 is 8.09 Å². The van der Waals surface area contributed by atoms with Crippen LogP contribution < -0.4 is 0 Å². The van der Waals surface area contributed by atoms with E-state index in [4.69, 9.17) is 19.3 Å². The first-order valence-electron chi connectivity index (χ1n) is 6.13. The number of nitrogens with zero attached hydrogens (tertiary/aromatic N) is 1. The second-order valence-corrected chi connectivity index (χ2v) is 6.68. The van der Waals surface area contributed by atoms with E-state index in [9.17, 15) is 4.91 Å². The summed E-state index contributed by atoms with van der Waals surface area (Å²) >= 11 is 0. The minimum Gasteiger partial charge on any atom is -0.378 e. The quantitative estimate of drug-likeness (QED) is 0.475. The molecule has 0 amide bonds. The molecule has 1 atom stereocenters. The van der Waals surface area contributed by atoms with Crippen LogP contribution in [0.4, 0.5) is 0 Å². The molecule has 0 aliphatic rings. The van der Waals surface area contributed by atoms with Crippen molar-refractivity contribution >= 4 is 8.09 Å². The van der Waals surface area contributed by atoms with Crippen LogP contribution in [0.1, 0.15) is 40.5 Å². The summed E-state index contributed by atoms with van der Waals surface area (Å²) < 4.78 is 15.7. The summed E-state index contributed by atoms with van der Waals surface area (Å²) in [4.78, 5) is 30.2. The molecule has 7 nitrogen and oxygen atoms in total. The summed E-state index contributed by atoms with van der Waals surface area (Å²) in [5.41, 5.74) is -0.990. The highest BCUT2D eigenvalue weighted by atomic mass is 31.2. The molecule has 0 spiro atoms. The van der Waals surface area contributed by atoms with E-state index in [-0.39, 0.29) is 12.2 Å². The molecule has 0 radical (unpaired) electrons. The number of hydrogen-bond donors (Lipinski definition) is 2.